The first-order chi connectivity index (χ1) is 11.7. The molecule has 136 valence electrons. The Morgan fingerprint density at radius 3 is 2.08 bits per heavy atom. The number of aromatic nitrogens is 2. The molecule has 0 unspecified atom stereocenters. The highest BCUT2D eigenvalue weighted by Gasteiger charge is 2.12. The Morgan fingerprint density at radius 2 is 1.62 bits per heavy atom. The number of ether oxygens (including phenoxy) is 2. The number of nitrogens with zero attached hydrogens (tertiary/aromatic N) is 2. The minimum Gasteiger partial charge on any atom is -0.466 e. The van der Waals surface area contributed by atoms with Gasteiger partial charge in [0.1, 0.15) is 0 Å². The van der Waals surface area contributed by atoms with E-state index in [0.717, 1.165) is 31.5 Å². The molecule has 0 aromatic carbocycles. The summed E-state index contributed by atoms with van der Waals surface area (Å²) in [6.45, 7) is 6.71. The fraction of sp³-hybridized carbons (Fsp3) is 0.706. The van der Waals surface area contributed by atoms with Crippen molar-refractivity contribution < 1.29 is 19.1 Å². The number of hydrogen-bond acceptors (Lipinski definition) is 6. The van der Waals surface area contributed by atoms with Gasteiger partial charge in [0.25, 0.3) is 0 Å². The van der Waals surface area contributed by atoms with Crippen molar-refractivity contribution in [3.63, 3.8) is 0 Å². The normalized spacial score (nSPS) is 10.8. The second-order valence-corrected chi connectivity index (χ2v) is 5.61. The van der Waals surface area contributed by atoms with Crippen LogP contribution in [-0.2, 0) is 25.5 Å². The lowest BCUT2D eigenvalue weighted by Gasteiger charge is -2.21. The molecule has 0 radical (unpaired) electrons. The van der Waals surface area contributed by atoms with Gasteiger partial charge >= 0.3 is 11.9 Å². The summed E-state index contributed by atoms with van der Waals surface area (Å²) in [7, 11) is 0. The molecule has 0 aliphatic heterocycles. The van der Waals surface area contributed by atoms with Crippen LogP contribution in [0.1, 0.15) is 45.2 Å². The molecule has 1 N–H and O–H groups in total. The molecular formula is C17H29N3O4. The first-order valence-corrected chi connectivity index (χ1v) is 8.66. The number of H-pyrrole nitrogens is 1. The standard InChI is InChI=1S/C17H29N3O4/c1-3-11-23-16(21)6-9-20(8-5-15-13-18-14-19-15)10-7-17(22)24-12-4-2/h13-14H,3-12H2,1-2H3,(H,18,19). The Hall–Kier alpha value is -1.89. The van der Waals surface area contributed by atoms with E-state index >= 15 is 0 Å². The molecule has 24 heavy (non-hydrogen) atoms. The molecule has 1 heterocycles. The number of nitrogens with one attached hydrogen (secondary N) is 1. The summed E-state index contributed by atoms with van der Waals surface area (Å²) in [6.07, 6.45) is 6.50. The number of aromatic amines is 1. The van der Waals surface area contributed by atoms with Crippen molar-refractivity contribution in [1.82, 2.24) is 14.9 Å². The molecule has 0 aliphatic rings. The van der Waals surface area contributed by atoms with Crippen molar-refractivity contribution in [3.05, 3.63) is 18.2 Å². The third-order valence-electron chi connectivity index (χ3n) is 3.45. The second-order valence-electron chi connectivity index (χ2n) is 5.61. The summed E-state index contributed by atoms with van der Waals surface area (Å²) in [5, 5.41) is 0. The van der Waals surface area contributed by atoms with Crippen molar-refractivity contribution >= 4 is 11.9 Å². The van der Waals surface area contributed by atoms with Crippen LogP contribution in [0.25, 0.3) is 0 Å². The molecule has 0 fully saturated rings. The van der Waals surface area contributed by atoms with E-state index in [1.807, 2.05) is 13.8 Å². The summed E-state index contributed by atoms with van der Waals surface area (Å²) in [5.41, 5.74) is 1.03. The van der Waals surface area contributed by atoms with Gasteiger partial charge in [-0.05, 0) is 12.8 Å². The maximum absolute atomic E-state index is 11.7. The Balaban J connectivity index is 2.39. The maximum atomic E-state index is 11.7. The van der Waals surface area contributed by atoms with E-state index in [1.165, 1.54) is 0 Å². The maximum Gasteiger partial charge on any atom is 0.307 e. The number of rotatable bonds is 13. The van der Waals surface area contributed by atoms with Gasteiger partial charge in [0.2, 0.25) is 0 Å². The van der Waals surface area contributed by atoms with E-state index in [-0.39, 0.29) is 11.9 Å². The van der Waals surface area contributed by atoms with Crippen LogP contribution in [0, 0.1) is 0 Å². The summed E-state index contributed by atoms with van der Waals surface area (Å²) in [5.74, 6) is -0.395. The van der Waals surface area contributed by atoms with E-state index in [2.05, 4.69) is 14.9 Å². The Bertz CT molecular complexity index is 438. The average Bonchev–Trinajstić information content (AvgIpc) is 3.10. The smallest absolute Gasteiger partial charge is 0.307 e. The third-order valence-corrected chi connectivity index (χ3v) is 3.45. The third kappa shape index (κ3) is 9.29. The quantitative estimate of drug-likeness (QED) is 0.553. The van der Waals surface area contributed by atoms with Gasteiger partial charge in [0, 0.05) is 37.9 Å². The Morgan fingerprint density at radius 1 is 1.04 bits per heavy atom. The summed E-state index contributed by atoms with van der Waals surface area (Å²) in [6, 6.07) is 0. The van der Waals surface area contributed by atoms with Gasteiger partial charge in [-0.1, -0.05) is 13.8 Å². The Kier molecular flexibility index (Phi) is 10.5. The lowest BCUT2D eigenvalue weighted by atomic mass is 10.2. The van der Waals surface area contributed by atoms with Gasteiger partial charge in [-0.3, -0.25) is 9.59 Å². The number of carbonyl (C=O) groups excluding carboxylic acids is 2. The SMILES string of the molecule is CCCOC(=O)CCN(CCC(=O)OCCC)CCc1cnc[nH]1. The van der Waals surface area contributed by atoms with E-state index in [1.54, 1.807) is 12.5 Å². The predicted octanol–water partition coefficient (Wildman–Crippen LogP) is 1.94. The minimum atomic E-state index is -0.197. The lowest BCUT2D eigenvalue weighted by molar-refractivity contribution is -0.144. The van der Waals surface area contributed by atoms with Crippen LogP contribution in [0.4, 0.5) is 0 Å². The molecule has 0 spiro atoms. The molecule has 0 amide bonds. The molecule has 1 aromatic heterocycles. The van der Waals surface area contributed by atoms with E-state index < -0.39 is 0 Å². The van der Waals surface area contributed by atoms with Gasteiger partial charge in [-0.15, -0.1) is 0 Å². The first kappa shape index (κ1) is 20.2. The van der Waals surface area contributed by atoms with Crippen LogP contribution in [0.15, 0.2) is 12.5 Å². The van der Waals surface area contributed by atoms with Gasteiger partial charge in [-0.25, -0.2) is 4.98 Å². The second kappa shape index (κ2) is 12.5. The monoisotopic (exact) mass is 339 g/mol. The van der Waals surface area contributed by atoms with Gasteiger partial charge in [0.05, 0.1) is 32.4 Å². The number of imidazole rings is 1. The highest BCUT2D eigenvalue weighted by Crippen LogP contribution is 2.02. The van der Waals surface area contributed by atoms with Crippen LogP contribution < -0.4 is 0 Å². The molecule has 0 bridgehead atoms. The molecule has 0 saturated heterocycles. The highest BCUT2D eigenvalue weighted by molar-refractivity contribution is 5.70. The van der Waals surface area contributed by atoms with Crippen molar-refractivity contribution in [2.24, 2.45) is 0 Å². The molecule has 1 rings (SSSR count). The summed E-state index contributed by atoms with van der Waals surface area (Å²) < 4.78 is 10.2. The molecule has 7 heteroatoms. The fourth-order valence-electron chi connectivity index (χ4n) is 2.11. The van der Waals surface area contributed by atoms with Gasteiger partial charge in [-0.2, -0.15) is 0 Å². The van der Waals surface area contributed by atoms with Gasteiger partial charge in [0.15, 0.2) is 0 Å². The molecule has 0 aliphatic carbocycles. The van der Waals surface area contributed by atoms with Crippen LogP contribution in [-0.4, -0.2) is 59.7 Å². The zero-order valence-corrected chi connectivity index (χ0v) is 14.8. The number of esters is 2. The van der Waals surface area contributed by atoms with Crippen molar-refractivity contribution in [2.75, 3.05) is 32.8 Å². The van der Waals surface area contributed by atoms with Crippen LogP contribution >= 0.6 is 0 Å². The average molecular weight is 339 g/mol. The van der Waals surface area contributed by atoms with Crippen molar-refractivity contribution in [2.45, 2.75) is 46.0 Å². The van der Waals surface area contributed by atoms with Gasteiger partial charge < -0.3 is 19.4 Å². The largest absolute Gasteiger partial charge is 0.466 e. The zero-order valence-electron chi connectivity index (χ0n) is 14.8. The van der Waals surface area contributed by atoms with Crippen molar-refractivity contribution in [3.8, 4) is 0 Å². The number of hydrogen-bond donors (Lipinski definition) is 1. The summed E-state index contributed by atoms with van der Waals surface area (Å²) >= 11 is 0. The molecule has 0 saturated carbocycles. The van der Waals surface area contributed by atoms with Crippen LogP contribution in [0.5, 0.6) is 0 Å². The zero-order chi connectivity index (χ0) is 17.6. The van der Waals surface area contributed by atoms with Crippen LogP contribution in [0.2, 0.25) is 0 Å². The molecule has 0 atom stereocenters. The molecule has 7 nitrogen and oxygen atoms in total. The van der Waals surface area contributed by atoms with E-state index in [9.17, 15) is 9.59 Å². The van der Waals surface area contributed by atoms with Crippen molar-refractivity contribution in [1.29, 1.82) is 0 Å². The van der Waals surface area contributed by atoms with Crippen LogP contribution in [0.3, 0.4) is 0 Å². The van der Waals surface area contributed by atoms with E-state index in [0.29, 0.717) is 39.1 Å². The van der Waals surface area contributed by atoms with E-state index in [4.69, 9.17) is 9.47 Å². The topological polar surface area (TPSA) is 84.5 Å². The molecular weight excluding hydrogens is 310 g/mol. The molecule has 1 aromatic rings. The number of carbonyl (C=O) groups is 2. The predicted molar refractivity (Wildman–Crippen MR) is 90.5 cm³/mol. The first-order valence-electron chi connectivity index (χ1n) is 8.66. The lowest BCUT2D eigenvalue weighted by Crippen LogP contribution is -2.31. The fourth-order valence-corrected chi connectivity index (χ4v) is 2.11. The Labute approximate surface area is 143 Å². The highest BCUT2D eigenvalue weighted by atomic mass is 16.5. The summed E-state index contributed by atoms with van der Waals surface area (Å²) in [4.78, 5) is 32.5. The minimum absolute atomic E-state index is 0.197.